The van der Waals surface area contributed by atoms with Crippen LogP contribution in [0.4, 0.5) is 9.52 Å². The zero-order chi connectivity index (χ0) is 16.5. The third-order valence-corrected chi connectivity index (χ3v) is 5.71. The normalized spacial score (nSPS) is 21.8. The highest BCUT2D eigenvalue weighted by Gasteiger charge is 2.32. The van der Waals surface area contributed by atoms with Crippen LogP contribution in [0.1, 0.15) is 12.8 Å². The van der Waals surface area contributed by atoms with Gasteiger partial charge < -0.3 is 10.1 Å². The van der Waals surface area contributed by atoms with Gasteiger partial charge in [-0.05, 0) is 31.0 Å². The molecule has 1 saturated carbocycles. The second-order valence-electron chi connectivity index (χ2n) is 6.14. The molecule has 2 fully saturated rings. The van der Waals surface area contributed by atoms with E-state index in [0.717, 1.165) is 30.2 Å². The minimum Gasteiger partial charge on any atom is -0.374 e. The molecule has 5 nitrogen and oxygen atoms in total. The molecule has 2 aromatic rings. The summed E-state index contributed by atoms with van der Waals surface area (Å²) in [6, 6.07) is 5.59. The summed E-state index contributed by atoms with van der Waals surface area (Å²) in [6.45, 7) is 3.47. The van der Waals surface area contributed by atoms with Gasteiger partial charge in [-0.15, -0.1) is 10.2 Å². The highest BCUT2D eigenvalue weighted by atomic mass is 79.9. The molecule has 2 heterocycles. The van der Waals surface area contributed by atoms with Gasteiger partial charge >= 0.3 is 0 Å². The van der Waals surface area contributed by atoms with Crippen LogP contribution in [-0.4, -0.2) is 53.5 Å². The lowest BCUT2D eigenvalue weighted by Crippen LogP contribution is -2.46. The Morgan fingerprint density at radius 2 is 2.25 bits per heavy atom. The largest absolute Gasteiger partial charge is 0.374 e. The maximum atomic E-state index is 13.9. The molecule has 1 aromatic heterocycles. The summed E-state index contributed by atoms with van der Waals surface area (Å²) in [7, 11) is 0. The molecule has 1 aromatic carbocycles. The van der Waals surface area contributed by atoms with E-state index in [2.05, 4.69) is 36.3 Å². The van der Waals surface area contributed by atoms with Gasteiger partial charge in [-0.2, -0.15) is 0 Å². The molecule has 1 aliphatic heterocycles. The second kappa shape index (κ2) is 7.03. The maximum Gasteiger partial charge on any atom is 0.206 e. The first-order valence-corrected chi connectivity index (χ1v) is 9.68. The van der Waals surface area contributed by atoms with Crippen molar-refractivity contribution in [2.75, 3.05) is 31.6 Å². The van der Waals surface area contributed by atoms with E-state index >= 15 is 0 Å². The fourth-order valence-electron chi connectivity index (χ4n) is 2.90. The number of ether oxygens (including phenoxy) is 1. The highest BCUT2D eigenvalue weighted by Crippen LogP contribution is 2.31. The van der Waals surface area contributed by atoms with Gasteiger partial charge in [-0.1, -0.05) is 27.3 Å². The summed E-state index contributed by atoms with van der Waals surface area (Å²) >= 11 is 4.71. The van der Waals surface area contributed by atoms with Crippen molar-refractivity contribution in [2.45, 2.75) is 25.0 Å². The molecule has 1 unspecified atom stereocenters. The number of nitrogens with zero attached hydrogens (tertiary/aromatic N) is 3. The van der Waals surface area contributed by atoms with Crippen molar-refractivity contribution in [1.82, 2.24) is 15.1 Å². The van der Waals surface area contributed by atoms with E-state index in [-0.39, 0.29) is 11.9 Å². The number of halogens is 2. The molecular formula is C16H18BrFN4OS. The van der Waals surface area contributed by atoms with Crippen LogP contribution < -0.4 is 5.32 Å². The summed E-state index contributed by atoms with van der Waals surface area (Å²) in [5, 5.41) is 12.8. The van der Waals surface area contributed by atoms with Crippen LogP contribution in [0.3, 0.4) is 0 Å². The molecule has 1 saturated heterocycles. The lowest BCUT2D eigenvalue weighted by molar-refractivity contribution is -0.0241. The van der Waals surface area contributed by atoms with Crippen molar-refractivity contribution < 1.29 is 9.13 Å². The molecule has 0 bridgehead atoms. The van der Waals surface area contributed by atoms with Crippen molar-refractivity contribution >= 4 is 32.4 Å². The number of benzene rings is 1. The fourth-order valence-corrected chi connectivity index (χ4v) is 4.03. The average Bonchev–Trinajstić information content (AvgIpc) is 3.34. The van der Waals surface area contributed by atoms with E-state index < -0.39 is 0 Å². The smallest absolute Gasteiger partial charge is 0.206 e. The van der Waals surface area contributed by atoms with Gasteiger partial charge in [0.2, 0.25) is 5.13 Å². The fraction of sp³-hybridized carbons (Fsp3) is 0.500. The van der Waals surface area contributed by atoms with Crippen molar-refractivity contribution in [2.24, 2.45) is 0 Å². The Morgan fingerprint density at radius 3 is 3.08 bits per heavy atom. The lowest BCUT2D eigenvalue weighted by atomic mass is 10.2. The van der Waals surface area contributed by atoms with E-state index in [0.29, 0.717) is 22.2 Å². The van der Waals surface area contributed by atoms with Crippen molar-refractivity contribution in [3.8, 4) is 10.6 Å². The first-order valence-electron chi connectivity index (χ1n) is 8.07. The number of nitrogens with one attached hydrogen (secondary N) is 1. The Bertz CT molecular complexity index is 724. The van der Waals surface area contributed by atoms with Crippen LogP contribution in [-0.2, 0) is 4.74 Å². The van der Waals surface area contributed by atoms with Crippen LogP contribution in [0.2, 0.25) is 0 Å². The highest BCUT2D eigenvalue weighted by molar-refractivity contribution is 9.10. The van der Waals surface area contributed by atoms with Crippen LogP contribution in [0.5, 0.6) is 0 Å². The first kappa shape index (κ1) is 16.4. The third-order valence-electron chi connectivity index (χ3n) is 4.30. The van der Waals surface area contributed by atoms with E-state index in [4.69, 9.17) is 4.74 Å². The van der Waals surface area contributed by atoms with Crippen molar-refractivity contribution in [3.63, 3.8) is 0 Å². The second-order valence-corrected chi connectivity index (χ2v) is 8.03. The van der Waals surface area contributed by atoms with Crippen LogP contribution in [0.15, 0.2) is 22.7 Å². The molecular weight excluding hydrogens is 395 g/mol. The number of rotatable bonds is 5. The molecule has 0 amide bonds. The predicted molar refractivity (Wildman–Crippen MR) is 95.8 cm³/mol. The molecule has 1 N–H and O–H groups in total. The number of aromatic nitrogens is 2. The molecule has 1 atom stereocenters. The van der Waals surface area contributed by atoms with Gasteiger partial charge in [-0.25, -0.2) is 4.39 Å². The van der Waals surface area contributed by atoms with Gasteiger partial charge in [0.25, 0.3) is 0 Å². The zero-order valence-corrected chi connectivity index (χ0v) is 15.4. The Labute approximate surface area is 152 Å². The first-order chi connectivity index (χ1) is 11.7. The average molecular weight is 413 g/mol. The molecule has 128 valence electrons. The van der Waals surface area contributed by atoms with Crippen LogP contribution >= 0.6 is 27.3 Å². The van der Waals surface area contributed by atoms with Crippen molar-refractivity contribution in [1.29, 1.82) is 0 Å². The van der Waals surface area contributed by atoms with Crippen molar-refractivity contribution in [3.05, 3.63) is 28.5 Å². The van der Waals surface area contributed by atoms with Crippen LogP contribution in [0.25, 0.3) is 10.6 Å². The van der Waals surface area contributed by atoms with Crippen LogP contribution in [0, 0.1) is 5.82 Å². The minimum absolute atomic E-state index is 0.161. The van der Waals surface area contributed by atoms with Gasteiger partial charge in [0.1, 0.15) is 5.82 Å². The van der Waals surface area contributed by atoms with E-state index in [1.54, 1.807) is 12.1 Å². The quantitative estimate of drug-likeness (QED) is 0.815. The summed E-state index contributed by atoms with van der Waals surface area (Å²) in [5.74, 6) is -0.295. The Balaban J connectivity index is 1.37. The molecule has 0 spiro atoms. The minimum atomic E-state index is -0.295. The molecule has 24 heavy (non-hydrogen) atoms. The molecule has 4 rings (SSSR count). The zero-order valence-electron chi connectivity index (χ0n) is 13.0. The summed E-state index contributed by atoms with van der Waals surface area (Å²) < 4.78 is 20.6. The van der Waals surface area contributed by atoms with Gasteiger partial charge in [0.15, 0.2) is 5.01 Å². The monoisotopic (exact) mass is 412 g/mol. The summed E-state index contributed by atoms with van der Waals surface area (Å²) in [4.78, 5) is 2.51. The Hall–Kier alpha value is -1.09. The summed E-state index contributed by atoms with van der Waals surface area (Å²) in [5.41, 5.74) is 0.462. The maximum absolute atomic E-state index is 13.9. The molecule has 2 aliphatic rings. The topological polar surface area (TPSA) is 50.3 Å². The standard InChI is InChI=1S/C16H18BrFN4OS/c17-10-1-4-14(18)13(7-10)15-20-21-16(24-15)19-8-12-9-22(5-6-23-12)11-2-3-11/h1,4,7,11-12H,2-3,5-6,8-9H2,(H,19,21). The SMILES string of the molecule is Fc1ccc(Br)cc1-c1nnc(NCC2CN(C3CC3)CCO2)s1. The van der Waals surface area contributed by atoms with Gasteiger partial charge in [0, 0.05) is 35.7 Å². The molecule has 0 radical (unpaired) electrons. The van der Waals surface area contributed by atoms with Gasteiger partial charge in [-0.3, -0.25) is 4.90 Å². The summed E-state index contributed by atoms with van der Waals surface area (Å²) in [6.07, 6.45) is 2.80. The number of anilines is 1. The molecule has 1 aliphatic carbocycles. The number of hydrogen-bond donors (Lipinski definition) is 1. The third kappa shape index (κ3) is 3.77. The Morgan fingerprint density at radius 1 is 1.38 bits per heavy atom. The van der Waals surface area contributed by atoms with Gasteiger partial charge in [0.05, 0.1) is 12.7 Å². The number of morpholine rings is 1. The van der Waals surface area contributed by atoms with E-state index in [1.807, 2.05) is 0 Å². The van der Waals surface area contributed by atoms with E-state index in [1.165, 1.54) is 30.2 Å². The Kier molecular flexibility index (Phi) is 4.80. The number of hydrogen-bond acceptors (Lipinski definition) is 6. The lowest BCUT2D eigenvalue weighted by Gasteiger charge is -2.32. The molecule has 8 heteroatoms. The predicted octanol–water partition coefficient (Wildman–Crippen LogP) is 3.38. The van der Waals surface area contributed by atoms with E-state index in [9.17, 15) is 4.39 Å².